The molecule has 198 valence electrons. The van der Waals surface area contributed by atoms with Crippen molar-refractivity contribution in [1.29, 1.82) is 5.26 Å². The summed E-state index contributed by atoms with van der Waals surface area (Å²) in [5, 5.41) is 15.4. The minimum Gasteiger partial charge on any atom is -0.350 e. The van der Waals surface area contributed by atoms with Gasteiger partial charge in [-0.25, -0.2) is 0 Å². The highest BCUT2D eigenvalue weighted by Crippen LogP contribution is 2.27. The first-order chi connectivity index (χ1) is 17.7. The van der Waals surface area contributed by atoms with Crippen LogP contribution in [0.5, 0.6) is 0 Å². The van der Waals surface area contributed by atoms with Crippen LogP contribution in [0.3, 0.4) is 0 Å². The van der Waals surface area contributed by atoms with Gasteiger partial charge in [0.05, 0.1) is 23.5 Å². The molecule has 0 aliphatic carbocycles. The molecule has 0 atom stereocenters. The minimum absolute atomic E-state index is 0.128. The lowest BCUT2D eigenvalue weighted by Crippen LogP contribution is -2.48. The fourth-order valence-electron chi connectivity index (χ4n) is 3.71. The third-order valence-corrected chi connectivity index (χ3v) is 6.89. The summed E-state index contributed by atoms with van der Waals surface area (Å²) in [7, 11) is 3.97. The molecule has 0 aliphatic heterocycles. The molecule has 0 unspecified atom stereocenters. The van der Waals surface area contributed by atoms with Gasteiger partial charge in [-0.3, -0.25) is 14.6 Å². The second kappa shape index (κ2) is 11.2. The number of pyridine rings is 1. The molecule has 1 heterocycles. The maximum atomic E-state index is 13.1. The average molecular weight is 512 g/mol. The molecule has 0 spiro atoms. The van der Waals surface area contributed by atoms with E-state index < -0.39 is 0 Å². The van der Waals surface area contributed by atoms with Crippen molar-refractivity contribution in [1.82, 2.24) is 15.2 Å². The zero-order chi connectivity index (χ0) is 28.3. The number of carbonyl (C=O) groups excluding carboxylic acids is 2. The number of aromatic nitrogens is 1. The predicted octanol–water partition coefficient (Wildman–Crippen LogP) is 5.55. The van der Waals surface area contributed by atoms with Crippen molar-refractivity contribution in [2.45, 2.75) is 52.5 Å². The SMILES string of the molecule is Cc1ncc(NC(=O)c2cc(C#N)cc(C(C)(C)C)c2)cc1-c1ccc(C(=O)NCC(C)(C)N(C)C)cc1. The standard InChI is InChI=1S/C31H37N5O2/c1-20-27(22-9-11-23(12-10-22)28(37)34-19-31(5,6)36(7)8)16-26(18-33-20)35-29(38)24-13-21(17-32)14-25(15-24)30(2,3)4/h9-16,18H,19H2,1-8H3,(H,34,37)(H,35,38). The number of amides is 2. The monoisotopic (exact) mass is 511 g/mol. The van der Waals surface area contributed by atoms with Gasteiger partial charge >= 0.3 is 0 Å². The summed E-state index contributed by atoms with van der Waals surface area (Å²) in [6.45, 7) is 12.7. The van der Waals surface area contributed by atoms with Gasteiger partial charge in [-0.2, -0.15) is 5.26 Å². The van der Waals surface area contributed by atoms with Crippen LogP contribution in [0.1, 0.15) is 72.2 Å². The minimum atomic E-state index is -0.308. The molecule has 3 aromatic rings. The van der Waals surface area contributed by atoms with Gasteiger partial charge in [-0.15, -0.1) is 0 Å². The fraction of sp³-hybridized carbons (Fsp3) is 0.355. The Labute approximate surface area is 225 Å². The van der Waals surface area contributed by atoms with Crippen molar-refractivity contribution in [3.05, 3.63) is 82.7 Å². The van der Waals surface area contributed by atoms with Crippen LogP contribution in [0.4, 0.5) is 5.69 Å². The first-order valence-electron chi connectivity index (χ1n) is 12.6. The largest absolute Gasteiger partial charge is 0.350 e. The average Bonchev–Trinajstić information content (AvgIpc) is 2.87. The fourth-order valence-corrected chi connectivity index (χ4v) is 3.71. The lowest BCUT2D eigenvalue weighted by Gasteiger charge is -2.32. The number of nitrogens with zero attached hydrogens (tertiary/aromatic N) is 3. The second-order valence-corrected chi connectivity index (χ2v) is 11.4. The van der Waals surface area contributed by atoms with E-state index in [9.17, 15) is 14.9 Å². The molecule has 0 saturated carbocycles. The molecular weight excluding hydrogens is 474 g/mol. The lowest BCUT2D eigenvalue weighted by atomic mass is 9.85. The molecule has 2 amide bonds. The Balaban J connectivity index is 1.80. The van der Waals surface area contributed by atoms with Gasteiger partial charge in [0.2, 0.25) is 0 Å². The van der Waals surface area contributed by atoms with Crippen LogP contribution in [-0.4, -0.2) is 47.9 Å². The Morgan fingerprint density at radius 3 is 2.18 bits per heavy atom. The van der Waals surface area contributed by atoms with Gasteiger partial charge in [0.25, 0.3) is 11.8 Å². The van der Waals surface area contributed by atoms with Crippen molar-refractivity contribution >= 4 is 17.5 Å². The number of benzene rings is 2. The number of nitrogens with one attached hydrogen (secondary N) is 2. The van der Waals surface area contributed by atoms with Crippen LogP contribution in [0.25, 0.3) is 11.1 Å². The number of carbonyl (C=O) groups is 2. The van der Waals surface area contributed by atoms with Crippen LogP contribution in [-0.2, 0) is 5.41 Å². The summed E-state index contributed by atoms with van der Waals surface area (Å²) in [6.07, 6.45) is 1.61. The molecule has 0 saturated heterocycles. The van der Waals surface area contributed by atoms with E-state index >= 15 is 0 Å². The van der Waals surface area contributed by atoms with Gasteiger partial charge < -0.3 is 15.5 Å². The summed E-state index contributed by atoms with van der Waals surface area (Å²) >= 11 is 0. The molecule has 0 radical (unpaired) electrons. The maximum Gasteiger partial charge on any atom is 0.255 e. The Hall–Kier alpha value is -4.02. The van der Waals surface area contributed by atoms with E-state index in [4.69, 9.17) is 0 Å². The highest BCUT2D eigenvalue weighted by Gasteiger charge is 2.22. The lowest BCUT2D eigenvalue weighted by molar-refractivity contribution is 0.0919. The zero-order valence-corrected chi connectivity index (χ0v) is 23.6. The number of hydrogen-bond acceptors (Lipinski definition) is 5. The quantitative estimate of drug-likeness (QED) is 0.433. The summed E-state index contributed by atoms with van der Waals surface area (Å²) < 4.78 is 0. The summed E-state index contributed by atoms with van der Waals surface area (Å²) in [5.74, 6) is -0.437. The van der Waals surface area contributed by atoms with Gasteiger partial charge in [0.1, 0.15) is 0 Å². The van der Waals surface area contributed by atoms with E-state index in [1.165, 1.54) is 0 Å². The van der Waals surface area contributed by atoms with E-state index in [1.807, 2.05) is 72.1 Å². The van der Waals surface area contributed by atoms with Crippen LogP contribution in [0, 0.1) is 18.3 Å². The van der Waals surface area contributed by atoms with E-state index in [0.29, 0.717) is 28.9 Å². The van der Waals surface area contributed by atoms with Gasteiger partial charge in [-0.05, 0) is 87.8 Å². The number of rotatable bonds is 7. The predicted molar refractivity (Wildman–Crippen MR) is 152 cm³/mol. The molecule has 1 aromatic heterocycles. The highest BCUT2D eigenvalue weighted by molar-refractivity contribution is 6.05. The first-order valence-corrected chi connectivity index (χ1v) is 12.6. The van der Waals surface area contributed by atoms with Crippen molar-refractivity contribution < 1.29 is 9.59 Å². The molecule has 7 nitrogen and oxygen atoms in total. The van der Waals surface area contributed by atoms with E-state index in [2.05, 4.69) is 40.4 Å². The third-order valence-electron chi connectivity index (χ3n) is 6.89. The topological polar surface area (TPSA) is 98.1 Å². The molecule has 38 heavy (non-hydrogen) atoms. The Bertz CT molecular complexity index is 1380. The highest BCUT2D eigenvalue weighted by atomic mass is 16.2. The zero-order valence-electron chi connectivity index (χ0n) is 23.6. The number of hydrogen-bond donors (Lipinski definition) is 2. The van der Waals surface area contributed by atoms with Crippen LogP contribution >= 0.6 is 0 Å². The van der Waals surface area contributed by atoms with Gasteiger partial charge in [-0.1, -0.05) is 32.9 Å². The number of aryl methyl sites for hydroxylation is 1. The van der Waals surface area contributed by atoms with E-state index in [1.54, 1.807) is 24.4 Å². The molecular formula is C31H37N5O2. The Morgan fingerprint density at radius 2 is 1.61 bits per heavy atom. The summed E-state index contributed by atoms with van der Waals surface area (Å²) in [4.78, 5) is 32.3. The Morgan fingerprint density at radius 1 is 0.947 bits per heavy atom. The Kier molecular flexibility index (Phi) is 8.38. The van der Waals surface area contributed by atoms with Crippen molar-refractivity contribution in [3.63, 3.8) is 0 Å². The first kappa shape index (κ1) is 28.5. The molecule has 0 aliphatic rings. The number of likely N-dealkylation sites (N-methyl/N-ethyl adjacent to an activating group) is 1. The maximum absolute atomic E-state index is 13.1. The van der Waals surface area contributed by atoms with Crippen LogP contribution in [0.2, 0.25) is 0 Å². The second-order valence-electron chi connectivity index (χ2n) is 11.4. The van der Waals surface area contributed by atoms with Crippen molar-refractivity contribution in [2.24, 2.45) is 0 Å². The summed E-state index contributed by atoms with van der Waals surface area (Å²) in [6, 6.07) is 16.6. The molecule has 0 bridgehead atoms. The molecule has 2 aromatic carbocycles. The number of nitriles is 1. The third kappa shape index (κ3) is 6.84. The van der Waals surface area contributed by atoms with Gasteiger partial charge in [0, 0.05) is 34.5 Å². The van der Waals surface area contributed by atoms with Gasteiger partial charge in [0.15, 0.2) is 0 Å². The summed E-state index contributed by atoms with van der Waals surface area (Å²) in [5.41, 5.74) is 5.08. The van der Waals surface area contributed by atoms with Crippen LogP contribution in [0.15, 0.2) is 54.7 Å². The van der Waals surface area contributed by atoms with Crippen molar-refractivity contribution in [2.75, 3.05) is 26.0 Å². The van der Waals surface area contributed by atoms with Crippen molar-refractivity contribution in [3.8, 4) is 17.2 Å². The molecule has 7 heteroatoms. The normalized spacial score (nSPS) is 11.7. The number of anilines is 1. The molecule has 3 rings (SSSR count). The van der Waals surface area contributed by atoms with E-state index in [0.717, 1.165) is 22.4 Å². The van der Waals surface area contributed by atoms with Crippen LogP contribution < -0.4 is 10.6 Å². The molecule has 0 fully saturated rings. The van der Waals surface area contributed by atoms with E-state index in [-0.39, 0.29) is 22.8 Å². The smallest absolute Gasteiger partial charge is 0.255 e. The molecule has 2 N–H and O–H groups in total.